The Balaban J connectivity index is 2.09. The molecule has 1 aromatic carbocycles. The Bertz CT molecular complexity index is 667. The van der Waals surface area contributed by atoms with Crippen LogP contribution in [-0.4, -0.2) is 42.6 Å². The summed E-state index contributed by atoms with van der Waals surface area (Å²) in [5.74, 6) is -2.17. The number of hydrogen-bond donors (Lipinski definition) is 0. The molecular formula is C16H18F2N2O4. The third-order valence-corrected chi connectivity index (χ3v) is 3.08. The van der Waals surface area contributed by atoms with Crippen molar-refractivity contribution in [2.75, 3.05) is 19.7 Å². The number of benzene rings is 1. The number of nitriles is 1. The first-order chi connectivity index (χ1) is 11.2. The largest absolute Gasteiger partial charge is 0.461 e. The minimum absolute atomic E-state index is 0.0118. The molecule has 0 saturated carbocycles. The fraction of sp³-hybridized carbons (Fsp3) is 0.500. The van der Waals surface area contributed by atoms with Crippen molar-refractivity contribution >= 4 is 6.09 Å². The van der Waals surface area contributed by atoms with Crippen LogP contribution in [0.4, 0.5) is 13.6 Å². The Morgan fingerprint density at radius 1 is 1.42 bits per heavy atom. The Kier molecular flexibility index (Phi) is 5.24. The van der Waals surface area contributed by atoms with Gasteiger partial charge in [0.2, 0.25) is 6.29 Å². The summed E-state index contributed by atoms with van der Waals surface area (Å²) in [6, 6.07) is 3.12. The van der Waals surface area contributed by atoms with Crippen LogP contribution in [0, 0.1) is 23.0 Å². The van der Waals surface area contributed by atoms with Gasteiger partial charge in [0.1, 0.15) is 34.6 Å². The average Bonchev–Trinajstić information content (AvgIpc) is 2.45. The van der Waals surface area contributed by atoms with Gasteiger partial charge in [-0.2, -0.15) is 5.26 Å². The van der Waals surface area contributed by atoms with Crippen LogP contribution >= 0.6 is 0 Å². The highest BCUT2D eigenvalue weighted by atomic mass is 19.1. The molecule has 24 heavy (non-hydrogen) atoms. The van der Waals surface area contributed by atoms with Gasteiger partial charge in [-0.3, -0.25) is 4.90 Å². The van der Waals surface area contributed by atoms with E-state index in [0.29, 0.717) is 12.6 Å². The second-order valence-corrected chi connectivity index (χ2v) is 6.22. The highest BCUT2D eigenvalue weighted by Crippen LogP contribution is 2.25. The van der Waals surface area contributed by atoms with Crippen LogP contribution in [0.3, 0.4) is 0 Å². The molecule has 1 fully saturated rings. The molecule has 1 amide bonds. The van der Waals surface area contributed by atoms with Gasteiger partial charge in [-0.25, -0.2) is 13.6 Å². The van der Waals surface area contributed by atoms with E-state index < -0.39 is 35.2 Å². The summed E-state index contributed by atoms with van der Waals surface area (Å²) >= 11 is 0. The zero-order valence-corrected chi connectivity index (χ0v) is 13.6. The van der Waals surface area contributed by atoms with E-state index in [1.165, 1.54) is 4.90 Å². The molecule has 1 aliphatic rings. The maximum Gasteiger partial charge on any atom is 0.410 e. The van der Waals surface area contributed by atoms with Gasteiger partial charge in [-0.05, 0) is 20.8 Å². The van der Waals surface area contributed by atoms with Gasteiger partial charge >= 0.3 is 6.09 Å². The van der Waals surface area contributed by atoms with Crippen molar-refractivity contribution < 1.29 is 27.8 Å². The molecule has 8 heteroatoms. The molecule has 2 rings (SSSR count). The van der Waals surface area contributed by atoms with E-state index >= 15 is 0 Å². The van der Waals surface area contributed by atoms with Crippen molar-refractivity contribution in [2.24, 2.45) is 0 Å². The molecule has 0 N–H and O–H groups in total. The van der Waals surface area contributed by atoms with E-state index in [9.17, 15) is 13.6 Å². The van der Waals surface area contributed by atoms with Gasteiger partial charge in [0, 0.05) is 18.7 Å². The van der Waals surface area contributed by atoms with Gasteiger partial charge in [-0.1, -0.05) is 0 Å². The Morgan fingerprint density at radius 3 is 2.75 bits per heavy atom. The van der Waals surface area contributed by atoms with Crippen LogP contribution in [0.1, 0.15) is 26.3 Å². The number of amides is 1. The second kappa shape index (κ2) is 7.01. The first-order valence-corrected chi connectivity index (χ1v) is 7.35. The highest BCUT2D eigenvalue weighted by molar-refractivity contribution is 5.68. The molecule has 1 saturated heterocycles. The van der Waals surface area contributed by atoms with Gasteiger partial charge < -0.3 is 14.2 Å². The van der Waals surface area contributed by atoms with Crippen LogP contribution in [0.25, 0.3) is 0 Å². The van der Waals surface area contributed by atoms with E-state index in [1.54, 1.807) is 26.8 Å². The van der Waals surface area contributed by atoms with E-state index in [1.807, 2.05) is 0 Å². The molecule has 1 atom stereocenters. The quantitative estimate of drug-likeness (QED) is 0.828. The first-order valence-electron chi connectivity index (χ1n) is 7.35. The van der Waals surface area contributed by atoms with Crippen molar-refractivity contribution in [1.29, 1.82) is 5.26 Å². The molecule has 6 nitrogen and oxygen atoms in total. The number of ether oxygens (including phenoxy) is 3. The third kappa shape index (κ3) is 4.55. The zero-order valence-electron chi connectivity index (χ0n) is 13.6. The average molecular weight is 340 g/mol. The summed E-state index contributed by atoms with van der Waals surface area (Å²) in [5.41, 5.74) is -1.07. The van der Waals surface area contributed by atoms with Crippen LogP contribution < -0.4 is 4.74 Å². The van der Waals surface area contributed by atoms with E-state index in [2.05, 4.69) is 0 Å². The molecule has 0 bridgehead atoms. The van der Waals surface area contributed by atoms with Crippen molar-refractivity contribution in [3.63, 3.8) is 0 Å². The molecule has 1 unspecified atom stereocenters. The predicted molar refractivity (Wildman–Crippen MR) is 79.2 cm³/mol. The lowest BCUT2D eigenvalue weighted by atomic mass is 10.2. The smallest absolute Gasteiger partial charge is 0.410 e. The minimum atomic E-state index is -1.02. The Labute approximate surface area is 138 Å². The van der Waals surface area contributed by atoms with Crippen molar-refractivity contribution in [3.8, 4) is 11.8 Å². The molecular weight excluding hydrogens is 322 g/mol. The predicted octanol–water partition coefficient (Wildman–Crippen LogP) is 2.81. The highest BCUT2D eigenvalue weighted by Gasteiger charge is 2.30. The number of halogens is 2. The third-order valence-electron chi connectivity index (χ3n) is 3.08. The lowest BCUT2D eigenvalue weighted by molar-refractivity contribution is -0.128. The Morgan fingerprint density at radius 2 is 2.12 bits per heavy atom. The molecule has 0 spiro atoms. The maximum atomic E-state index is 13.6. The first kappa shape index (κ1) is 17.9. The summed E-state index contributed by atoms with van der Waals surface area (Å²) in [7, 11) is 0. The zero-order chi connectivity index (χ0) is 17.9. The molecule has 1 heterocycles. The van der Waals surface area contributed by atoms with Crippen LogP contribution in [0.15, 0.2) is 12.1 Å². The summed E-state index contributed by atoms with van der Waals surface area (Å²) in [6.07, 6.45) is -1.50. The molecule has 130 valence electrons. The number of hydrogen-bond acceptors (Lipinski definition) is 5. The van der Waals surface area contributed by atoms with Crippen LogP contribution in [0.5, 0.6) is 5.75 Å². The number of carbonyl (C=O) groups excluding carboxylic acids is 1. The summed E-state index contributed by atoms with van der Waals surface area (Å²) in [4.78, 5) is 13.4. The van der Waals surface area contributed by atoms with Crippen LogP contribution in [-0.2, 0) is 9.47 Å². The number of morpholine rings is 1. The molecule has 1 aromatic rings. The fourth-order valence-electron chi connectivity index (χ4n) is 2.07. The number of rotatable bonds is 2. The number of carbonyl (C=O) groups is 1. The fourth-order valence-corrected chi connectivity index (χ4v) is 2.07. The number of nitrogens with zero attached hydrogens (tertiary/aromatic N) is 2. The normalized spacial score (nSPS) is 18.0. The molecule has 0 aromatic heterocycles. The monoisotopic (exact) mass is 340 g/mol. The van der Waals surface area contributed by atoms with E-state index in [0.717, 1.165) is 6.07 Å². The van der Waals surface area contributed by atoms with E-state index in [-0.39, 0.29) is 18.9 Å². The maximum absolute atomic E-state index is 13.6. The topological polar surface area (TPSA) is 71.8 Å². The summed E-state index contributed by atoms with van der Waals surface area (Å²) in [6.45, 7) is 5.72. The van der Waals surface area contributed by atoms with E-state index in [4.69, 9.17) is 19.5 Å². The Hall–Kier alpha value is -2.40. The SMILES string of the molecule is CC(C)(C)OC(=O)N1CCOC(Oc2cc(F)cc(F)c2C#N)C1. The van der Waals surface area contributed by atoms with Gasteiger partial charge in [0.15, 0.2) is 0 Å². The standard InChI is InChI=1S/C16H18F2N2O4/c1-16(2,3)24-15(21)20-4-5-22-14(9-20)23-13-7-10(17)6-12(18)11(13)8-19/h6-7,14H,4-5,9H2,1-3H3. The van der Waals surface area contributed by atoms with Gasteiger partial charge in [0.25, 0.3) is 0 Å². The summed E-state index contributed by atoms with van der Waals surface area (Å²) < 4.78 is 42.9. The lowest BCUT2D eigenvalue weighted by Crippen LogP contribution is -2.49. The van der Waals surface area contributed by atoms with Crippen molar-refractivity contribution in [3.05, 3.63) is 29.3 Å². The molecule has 0 radical (unpaired) electrons. The lowest BCUT2D eigenvalue weighted by Gasteiger charge is -2.34. The van der Waals surface area contributed by atoms with Crippen molar-refractivity contribution in [2.45, 2.75) is 32.7 Å². The van der Waals surface area contributed by atoms with Gasteiger partial charge in [-0.15, -0.1) is 0 Å². The molecule has 1 aliphatic heterocycles. The van der Waals surface area contributed by atoms with Crippen molar-refractivity contribution in [1.82, 2.24) is 4.90 Å². The second-order valence-electron chi connectivity index (χ2n) is 6.22. The molecule has 0 aliphatic carbocycles. The van der Waals surface area contributed by atoms with Gasteiger partial charge in [0.05, 0.1) is 13.2 Å². The minimum Gasteiger partial charge on any atom is -0.461 e. The van der Waals surface area contributed by atoms with Crippen LogP contribution in [0.2, 0.25) is 0 Å². The summed E-state index contributed by atoms with van der Waals surface area (Å²) in [5, 5.41) is 8.97.